The molecule has 0 saturated carbocycles. The molecule has 1 unspecified atom stereocenters. The fourth-order valence-electron chi connectivity index (χ4n) is 4.03. The Hall–Kier alpha value is -2.53. The van der Waals surface area contributed by atoms with Crippen molar-refractivity contribution in [2.24, 2.45) is 0 Å². The summed E-state index contributed by atoms with van der Waals surface area (Å²) in [5, 5.41) is 6.13. The average Bonchev–Trinajstić information content (AvgIpc) is 3.22. The number of rotatable bonds is 6. The van der Waals surface area contributed by atoms with Crippen LogP contribution in [0.15, 0.2) is 48.5 Å². The van der Waals surface area contributed by atoms with Gasteiger partial charge in [-0.1, -0.05) is 57.2 Å². The zero-order valence-corrected chi connectivity index (χ0v) is 18.0. The number of methoxy groups -OCH3 is 1. The third-order valence-corrected chi connectivity index (χ3v) is 5.52. The second-order valence-electron chi connectivity index (χ2n) is 8.63. The lowest BCUT2D eigenvalue weighted by Crippen LogP contribution is -2.39. The van der Waals surface area contributed by atoms with Crippen LogP contribution in [0.1, 0.15) is 50.8 Å². The number of amides is 2. The van der Waals surface area contributed by atoms with E-state index in [9.17, 15) is 4.79 Å². The van der Waals surface area contributed by atoms with Crippen LogP contribution in [0.5, 0.6) is 5.75 Å². The molecule has 2 aromatic rings. The van der Waals surface area contributed by atoms with Crippen molar-refractivity contribution in [3.05, 3.63) is 59.7 Å². The van der Waals surface area contributed by atoms with Gasteiger partial charge in [-0.15, -0.1) is 0 Å². The van der Waals surface area contributed by atoms with Gasteiger partial charge in [0, 0.05) is 17.8 Å². The molecule has 0 aromatic heterocycles. The summed E-state index contributed by atoms with van der Waals surface area (Å²) in [5.41, 5.74) is 3.05. The Kier molecular flexibility index (Phi) is 6.80. The van der Waals surface area contributed by atoms with Crippen LogP contribution in [0.3, 0.4) is 0 Å². The molecule has 29 heavy (non-hydrogen) atoms. The Labute approximate surface area is 174 Å². The number of para-hydroxylation sites is 2. The topological polar surface area (TPSA) is 53.6 Å². The van der Waals surface area contributed by atoms with Gasteiger partial charge in [0.25, 0.3) is 0 Å². The molecule has 2 amide bonds. The molecule has 5 nitrogen and oxygen atoms in total. The number of carbonyl (C=O) groups is 1. The van der Waals surface area contributed by atoms with Crippen molar-refractivity contribution >= 4 is 11.7 Å². The van der Waals surface area contributed by atoms with Crippen molar-refractivity contribution in [2.45, 2.75) is 45.1 Å². The van der Waals surface area contributed by atoms with Crippen LogP contribution in [-0.2, 0) is 5.41 Å². The first kappa shape index (κ1) is 21.2. The lowest BCUT2D eigenvalue weighted by atomic mass is 9.86. The maximum Gasteiger partial charge on any atom is 0.319 e. The van der Waals surface area contributed by atoms with Crippen molar-refractivity contribution in [3.63, 3.8) is 0 Å². The number of anilines is 1. The average molecular weight is 396 g/mol. The molecule has 1 heterocycles. The number of urea groups is 1. The van der Waals surface area contributed by atoms with Gasteiger partial charge < -0.3 is 15.4 Å². The van der Waals surface area contributed by atoms with Gasteiger partial charge in [-0.25, -0.2) is 4.79 Å². The maximum absolute atomic E-state index is 12.7. The van der Waals surface area contributed by atoms with Gasteiger partial charge in [-0.05, 0) is 49.0 Å². The molecular formula is C24H33N3O2. The lowest BCUT2D eigenvalue weighted by molar-refractivity contribution is 0.224. The summed E-state index contributed by atoms with van der Waals surface area (Å²) in [6.07, 6.45) is 2.38. The summed E-state index contributed by atoms with van der Waals surface area (Å²) in [7, 11) is 1.70. The van der Waals surface area contributed by atoms with Crippen LogP contribution in [0.4, 0.5) is 10.5 Å². The zero-order valence-electron chi connectivity index (χ0n) is 18.0. The summed E-state index contributed by atoms with van der Waals surface area (Å²) in [5.74, 6) is 0.865. The molecule has 2 N–H and O–H groups in total. The molecule has 1 atom stereocenters. The van der Waals surface area contributed by atoms with Gasteiger partial charge in [-0.3, -0.25) is 4.90 Å². The highest BCUT2D eigenvalue weighted by atomic mass is 16.5. The van der Waals surface area contributed by atoms with Crippen LogP contribution in [0, 0.1) is 0 Å². The molecule has 1 aliphatic heterocycles. The monoisotopic (exact) mass is 395 g/mol. The summed E-state index contributed by atoms with van der Waals surface area (Å²) in [6.45, 7) is 9.06. The Balaban J connectivity index is 1.72. The predicted molar refractivity (Wildman–Crippen MR) is 119 cm³/mol. The highest BCUT2D eigenvalue weighted by Gasteiger charge is 2.26. The van der Waals surface area contributed by atoms with Crippen molar-refractivity contribution in [1.29, 1.82) is 0 Å². The number of nitrogens with zero attached hydrogens (tertiary/aromatic N) is 1. The number of hydrogen-bond acceptors (Lipinski definition) is 3. The van der Waals surface area contributed by atoms with Crippen LogP contribution in [-0.4, -0.2) is 37.7 Å². The standard InChI is InChI=1S/C24H33N3O2/c1-24(2,3)19-12-6-7-13-20(19)26-23(28)25-17-21(27-15-9-10-16-27)18-11-5-8-14-22(18)29-4/h5-8,11-14,21H,9-10,15-17H2,1-4H3,(H2,25,26,28). The van der Waals surface area contributed by atoms with E-state index in [0.717, 1.165) is 35.7 Å². The van der Waals surface area contributed by atoms with E-state index in [1.807, 2.05) is 36.4 Å². The summed E-state index contributed by atoms with van der Waals surface area (Å²) < 4.78 is 5.59. The Bertz CT molecular complexity index is 823. The van der Waals surface area contributed by atoms with Crippen molar-refractivity contribution in [2.75, 3.05) is 32.1 Å². The fraction of sp³-hybridized carbons (Fsp3) is 0.458. The van der Waals surface area contributed by atoms with Crippen LogP contribution >= 0.6 is 0 Å². The van der Waals surface area contributed by atoms with E-state index in [2.05, 4.69) is 48.4 Å². The molecule has 2 aromatic carbocycles. The number of hydrogen-bond donors (Lipinski definition) is 2. The zero-order chi connectivity index (χ0) is 20.9. The van der Waals surface area contributed by atoms with E-state index in [0.29, 0.717) is 6.54 Å². The maximum atomic E-state index is 12.7. The van der Waals surface area contributed by atoms with E-state index in [1.54, 1.807) is 7.11 Å². The second-order valence-corrected chi connectivity index (χ2v) is 8.63. The molecule has 0 spiro atoms. The Morgan fingerprint density at radius 1 is 1.07 bits per heavy atom. The predicted octanol–water partition coefficient (Wildman–Crippen LogP) is 4.95. The Morgan fingerprint density at radius 2 is 1.72 bits per heavy atom. The van der Waals surface area contributed by atoms with Gasteiger partial charge in [0.2, 0.25) is 0 Å². The minimum absolute atomic E-state index is 0.0423. The molecule has 0 radical (unpaired) electrons. The van der Waals surface area contributed by atoms with E-state index >= 15 is 0 Å². The molecule has 1 fully saturated rings. The van der Waals surface area contributed by atoms with Crippen LogP contribution in [0.2, 0.25) is 0 Å². The number of benzene rings is 2. The lowest BCUT2D eigenvalue weighted by Gasteiger charge is -2.29. The van der Waals surface area contributed by atoms with Crippen LogP contribution < -0.4 is 15.4 Å². The van der Waals surface area contributed by atoms with E-state index < -0.39 is 0 Å². The van der Waals surface area contributed by atoms with E-state index in [1.165, 1.54) is 12.8 Å². The minimum atomic E-state index is -0.180. The summed E-state index contributed by atoms with van der Waals surface area (Å²) in [4.78, 5) is 15.2. The van der Waals surface area contributed by atoms with Crippen molar-refractivity contribution in [1.82, 2.24) is 10.2 Å². The quantitative estimate of drug-likeness (QED) is 0.727. The molecule has 0 bridgehead atoms. The summed E-state index contributed by atoms with van der Waals surface area (Å²) in [6, 6.07) is 16.0. The van der Waals surface area contributed by atoms with Crippen LogP contribution in [0.25, 0.3) is 0 Å². The number of likely N-dealkylation sites (tertiary alicyclic amines) is 1. The van der Waals surface area contributed by atoms with Gasteiger partial charge in [0.05, 0.1) is 13.2 Å². The number of ether oxygens (including phenoxy) is 1. The molecular weight excluding hydrogens is 362 g/mol. The van der Waals surface area contributed by atoms with E-state index in [-0.39, 0.29) is 17.5 Å². The molecule has 1 saturated heterocycles. The van der Waals surface area contributed by atoms with E-state index in [4.69, 9.17) is 4.74 Å². The normalized spacial score (nSPS) is 15.7. The first-order valence-corrected chi connectivity index (χ1v) is 10.4. The second kappa shape index (κ2) is 9.31. The highest BCUT2D eigenvalue weighted by Crippen LogP contribution is 2.32. The first-order valence-electron chi connectivity index (χ1n) is 10.4. The number of carbonyl (C=O) groups excluding carboxylic acids is 1. The SMILES string of the molecule is COc1ccccc1C(CNC(=O)Nc1ccccc1C(C)(C)C)N1CCCC1. The smallest absolute Gasteiger partial charge is 0.319 e. The highest BCUT2D eigenvalue weighted by molar-refractivity contribution is 5.90. The largest absolute Gasteiger partial charge is 0.496 e. The van der Waals surface area contributed by atoms with Crippen molar-refractivity contribution < 1.29 is 9.53 Å². The third-order valence-electron chi connectivity index (χ3n) is 5.52. The molecule has 156 valence electrons. The molecule has 5 heteroatoms. The van der Waals surface area contributed by atoms with Gasteiger partial charge >= 0.3 is 6.03 Å². The first-order chi connectivity index (χ1) is 13.9. The fourth-order valence-corrected chi connectivity index (χ4v) is 4.03. The van der Waals surface area contributed by atoms with Gasteiger partial charge in [-0.2, -0.15) is 0 Å². The van der Waals surface area contributed by atoms with Gasteiger partial charge in [0.15, 0.2) is 0 Å². The molecule has 0 aliphatic carbocycles. The Morgan fingerprint density at radius 3 is 2.41 bits per heavy atom. The summed E-state index contributed by atoms with van der Waals surface area (Å²) >= 11 is 0. The molecule has 3 rings (SSSR count). The molecule has 1 aliphatic rings. The third kappa shape index (κ3) is 5.30. The minimum Gasteiger partial charge on any atom is -0.496 e. The van der Waals surface area contributed by atoms with Gasteiger partial charge in [0.1, 0.15) is 5.75 Å². The number of nitrogens with one attached hydrogen (secondary N) is 2. The van der Waals surface area contributed by atoms with Crippen molar-refractivity contribution in [3.8, 4) is 5.75 Å².